The second kappa shape index (κ2) is 6.64. The van der Waals surface area contributed by atoms with Gasteiger partial charge in [0.1, 0.15) is 10.6 Å². The van der Waals surface area contributed by atoms with Crippen molar-refractivity contribution in [2.45, 2.75) is 37.6 Å². The minimum atomic E-state index is -3.69. The predicted octanol–water partition coefficient (Wildman–Crippen LogP) is 1.30. The number of sulfonamides is 1. The fraction of sp³-hybridized carbons (Fsp3) is 0.571. The lowest BCUT2D eigenvalue weighted by Crippen LogP contribution is -2.36. The van der Waals surface area contributed by atoms with E-state index in [0.717, 1.165) is 18.4 Å². The highest BCUT2D eigenvalue weighted by atomic mass is 32.2. The van der Waals surface area contributed by atoms with Crippen LogP contribution >= 0.6 is 0 Å². The first-order valence-corrected chi connectivity index (χ1v) is 8.57. The van der Waals surface area contributed by atoms with Crippen molar-refractivity contribution in [2.75, 3.05) is 25.6 Å². The lowest BCUT2D eigenvalue weighted by molar-refractivity contribution is 0.133. The first kappa shape index (κ1) is 16.1. The van der Waals surface area contributed by atoms with Crippen molar-refractivity contribution < 1.29 is 17.9 Å². The Balaban J connectivity index is 2.29. The maximum absolute atomic E-state index is 12.5. The van der Waals surface area contributed by atoms with Crippen LogP contribution in [0.25, 0.3) is 0 Å². The summed E-state index contributed by atoms with van der Waals surface area (Å²) >= 11 is 0. The summed E-state index contributed by atoms with van der Waals surface area (Å²) in [5.41, 5.74) is 7.09. The minimum Gasteiger partial charge on any atom is -0.492 e. The van der Waals surface area contributed by atoms with Crippen LogP contribution in [0.1, 0.15) is 25.8 Å². The molecule has 1 unspecified atom stereocenters. The van der Waals surface area contributed by atoms with E-state index in [4.69, 9.17) is 15.2 Å². The highest BCUT2D eigenvalue weighted by Crippen LogP contribution is 2.34. The van der Waals surface area contributed by atoms with Gasteiger partial charge in [-0.2, -0.15) is 0 Å². The number of rotatable bonds is 6. The van der Waals surface area contributed by atoms with Gasteiger partial charge in [0.2, 0.25) is 10.0 Å². The highest BCUT2D eigenvalue weighted by molar-refractivity contribution is 7.89. The Hall–Kier alpha value is -1.31. The van der Waals surface area contributed by atoms with Crippen molar-refractivity contribution in [1.29, 1.82) is 0 Å². The van der Waals surface area contributed by atoms with Crippen molar-refractivity contribution in [2.24, 2.45) is 0 Å². The molecule has 0 amide bonds. The van der Waals surface area contributed by atoms with Crippen LogP contribution in [-0.2, 0) is 21.2 Å². The van der Waals surface area contributed by atoms with E-state index in [1.165, 1.54) is 6.07 Å². The molecule has 7 heteroatoms. The van der Waals surface area contributed by atoms with Crippen molar-refractivity contribution in [3.8, 4) is 5.75 Å². The third-order valence-corrected chi connectivity index (χ3v) is 4.80. The number of fused-ring (bicyclic) bond motifs is 1. The van der Waals surface area contributed by atoms with E-state index < -0.39 is 10.0 Å². The van der Waals surface area contributed by atoms with Gasteiger partial charge in [-0.3, -0.25) is 0 Å². The van der Waals surface area contributed by atoms with Crippen molar-refractivity contribution >= 4 is 15.7 Å². The molecule has 21 heavy (non-hydrogen) atoms. The smallest absolute Gasteiger partial charge is 0.244 e. The summed E-state index contributed by atoms with van der Waals surface area (Å²) in [6.07, 6.45) is 1.64. The number of nitrogen functional groups attached to an aromatic ring is 1. The minimum absolute atomic E-state index is 0.112. The summed E-state index contributed by atoms with van der Waals surface area (Å²) in [4.78, 5) is 0.112. The van der Waals surface area contributed by atoms with Crippen LogP contribution in [-0.4, -0.2) is 34.3 Å². The maximum atomic E-state index is 12.5. The van der Waals surface area contributed by atoms with Crippen LogP contribution < -0.4 is 15.2 Å². The van der Waals surface area contributed by atoms with Gasteiger partial charge in [-0.25, -0.2) is 13.1 Å². The summed E-state index contributed by atoms with van der Waals surface area (Å²) in [5.74, 6) is 0.423. The van der Waals surface area contributed by atoms with Crippen LogP contribution in [0.15, 0.2) is 17.0 Å². The van der Waals surface area contributed by atoms with Gasteiger partial charge in [-0.15, -0.1) is 0 Å². The highest BCUT2D eigenvalue weighted by Gasteiger charge is 2.26. The zero-order valence-electron chi connectivity index (χ0n) is 12.4. The number of aryl methyl sites for hydroxylation is 1. The fourth-order valence-electron chi connectivity index (χ4n) is 2.33. The van der Waals surface area contributed by atoms with E-state index >= 15 is 0 Å². The number of nitrogens with two attached hydrogens (primary N) is 1. The number of nitrogens with one attached hydrogen (secondary N) is 1. The average Bonchev–Trinajstić information content (AvgIpc) is 2.43. The predicted molar refractivity (Wildman–Crippen MR) is 80.9 cm³/mol. The zero-order chi connectivity index (χ0) is 15.5. The second-order valence-electron chi connectivity index (χ2n) is 5.14. The normalized spacial score (nSPS) is 16.1. The SMILES string of the molecule is CCOCC(C)NS(=O)(=O)c1cc(N)cc2c1OCCC2. The second-order valence-corrected chi connectivity index (χ2v) is 6.82. The zero-order valence-corrected chi connectivity index (χ0v) is 13.2. The molecule has 1 aliphatic heterocycles. The van der Waals surface area contributed by atoms with Crippen molar-refractivity contribution in [3.63, 3.8) is 0 Å². The van der Waals surface area contributed by atoms with Crippen LogP contribution in [0, 0.1) is 0 Å². The Morgan fingerprint density at radius 2 is 2.24 bits per heavy atom. The molecule has 1 aromatic rings. The third kappa shape index (κ3) is 3.87. The van der Waals surface area contributed by atoms with E-state index in [-0.39, 0.29) is 10.9 Å². The quantitative estimate of drug-likeness (QED) is 0.772. The average molecular weight is 314 g/mol. The standard InChI is InChI=1S/C14H22N2O4S/c1-3-19-9-10(2)16-21(17,18)13-8-12(15)7-11-5-4-6-20-14(11)13/h7-8,10,16H,3-6,9,15H2,1-2H3. The molecule has 0 bridgehead atoms. The molecule has 0 radical (unpaired) electrons. The summed E-state index contributed by atoms with van der Waals surface area (Å²) in [6, 6.07) is 2.90. The van der Waals surface area contributed by atoms with E-state index in [0.29, 0.717) is 31.3 Å². The molecule has 0 saturated carbocycles. The Labute approximate surface area is 125 Å². The summed E-state index contributed by atoms with van der Waals surface area (Å²) in [6.45, 7) is 5.01. The molecule has 118 valence electrons. The number of anilines is 1. The Morgan fingerprint density at radius 3 is 2.95 bits per heavy atom. The molecule has 0 saturated heterocycles. The Morgan fingerprint density at radius 1 is 1.48 bits per heavy atom. The number of hydrogen-bond acceptors (Lipinski definition) is 5. The van der Waals surface area contributed by atoms with Gasteiger partial charge < -0.3 is 15.2 Å². The molecule has 1 atom stereocenters. The summed E-state index contributed by atoms with van der Waals surface area (Å²) in [7, 11) is -3.69. The van der Waals surface area contributed by atoms with Gasteiger partial charge in [-0.05, 0) is 44.4 Å². The van der Waals surface area contributed by atoms with E-state index in [2.05, 4.69) is 4.72 Å². The van der Waals surface area contributed by atoms with Gasteiger partial charge in [0.25, 0.3) is 0 Å². The van der Waals surface area contributed by atoms with Gasteiger partial charge in [0.15, 0.2) is 0 Å². The molecule has 6 nitrogen and oxygen atoms in total. The van der Waals surface area contributed by atoms with Gasteiger partial charge >= 0.3 is 0 Å². The molecule has 3 N–H and O–H groups in total. The number of hydrogen-bond donors (Lipinski definition) is 2. The van der Waals surface area contributed by atoms with Crippen LogP contribution in [0.2, 0.25) is 0 Å². The van der Waals surface area contributed by atoms with E-state index in [1.807, 2.05) is 6.92 Å². The van der Waals surface area contributed by atoms with E-state index in [9.17, 15) is 8.42 Å². The van der Waals surface area contributed by atoms with Crippen LogP contribution in [0.3, 0.4) is 0 Å². The molecule has 0 aliphatic carbocycles. The summed E-state index contributed by atoms with van der Waals surface area (Å²) in [5, 5.41) is 0. The van der Waals surface area contributed by atoms with Crippen molar-refractivity contribution in [1.82, 2.24) is 4.72 Å². The fourth-order valence-corrected chi connectivity index (χ4v) is 3.78. The molecule has 1 aromatic carbocycles. The van der Waals surface area contributed by atoms with Crippen LogP contribution in [0.4, 0.5) is 5.69 Å². The lowest BCUT2D eigenvalue weighted by Gasteiger charge is -2.22. The van der Waals surface area contributed by atoms with Crippen LogP contribution in [0.5, 0.6) is 5.75 Å². The molecule has 1 aliphatic rings. The molecule has 0 spiro atoms. The Bertz CT molecular complexity index is 601. The molecule has 0 aromatic heterocycles. The maximum Gasteiger partial charge on any atom is 0.244 e. The molecule has 1 heterocycles. The molecule has 2 rings (SSSR count). The monoisotopic (exact) mass is 314 g/mol. The van der Waals surface area contributed by atoms with E-state index in [1.54, 1.807) is 13.0 Å². The van der Waals surface area contributed by atoms with Crippen molar-refractivity contribution in [3.05, 3.63) is 17.7 Å². The molecular weight excluding hydrogens is 292 g/mol. The first-order valence-electron chi connectivity index (χ1n) is 7.09. The molecule has 0 fully saturated rings. The first-order chi connectivity index (χ1) is 9.94. The third-order valence-electron chi connectivity index (χ3n) is 3.21. The topological polar surface area (TPSA) is 90.7 Å². The van der Waals surface area contributed by atoms with Gasteiger partial charge in [-0.1, -0.05) is 0 Å². The van der Waals surface area contributed by atoms with Gasteiger partial charge in [0, 0.05) is 18.3 Å². The van der Waals surface area contributed by atoms with Gasteiger partial charge in [0.05, 0.1) is 13.2 Å². The number of benzene rings is 1. The Kier molecular flexibility index (Phi) is 5.08. The summed E-state index contributed by atoms with van der Waals surface area (Å²) < 4.78 is 38.4. The molecular formula is C14H22N2O4S. The lowest BCUT2D eigenvalue weighted by atomic mass is 10.1. The largest absolute Gasteiger partial charge is 0.492 e. The number of ether oxygens (including phenoxy) is 2.